The van der Waals surface area contributed by atoms with Crippen molar-refractivity contribution in [3.63, 3.8) is 0 Å². The molecule has 0 aromatic rings. The van der Waals surface area contributed by atoms with Crippen LogP contribution in [0.2, 0.25) is 0 Å². The Morgan fingerprint density at radius 3 is 0.701 bits per heavy atom. The lowest BCUT2D eigenvalue weighted by atomic mass is 10.0. The van der Waals surface area contributed by atoms with E-state index >= 15 is 0 Å². The summed E-state index contributed by atoms with van der Waals surface area (Å²) in [7, 11) is -9.91. The zero-order valence-corrected chi connectivity index (χ0v) is 65.2. The molecule has 5 atom stereocenters. The molecular weight excluding hydrogens is 1270 g/mol. The minimum Gasteiger partial charge on any atom is -0.462 e. The Morgan fingerprint density at radius 2 is 0.474 bits per heavy atom. The Bertz CT molecular complexity index is 1870. The number of rotatable bonds is 77. The van der Waals surface area contributed by atoms with Crippen molar-refractivity contribution in [1.82, 2.24) is 0 Å². The molecule has 0 amide bonds. The van der Waals surface area contributed by atoms with Crippen molar-refractivity contribution >= 4 is 39.5 Å². The van der Waals surface area contributed by atoms with Crippen LogP contribution in [0.25, 0.3) is 0 Å². The van der Waals surface area contributed by atoms with E-state index in [1.165, 1.54) is 212 Å². The van der Waals surface area contributed by atoms with Crippen molar-refractivity contribution in [3.05, 3.63) is 0 Å². The highest BCUT2D eigenvalue weighted by atomic mass is 31.2. The van der Waals surface area contributed by atoms with Gasteiger partial charge in [0.05, 0.1) is 26.4 Å². The quantitative estimate of drug-likeness (QED) is 0.0222. The molecule has 0 aliphatic carbocycles. The standard InChI is InChI=1S/C78H152O17P2/c1-7-9-11-13-15-16-17-18-19-20-21-22-23-24-29-32-38-44-50-56-62-77(82)95-74(67-89-76(81)61-55-49-43-37-31-28-26-25-27-30-35-41-46-52-58-70(3)4)69-93-97(86,87)91-65-72(79)64-90-96(84,85)92-68-73(66-88-75(80)60-54-48-40-14-12-10-8-2)94-78(83)63-57-51-45-39-34-33-36-42-47-53-59-71(5)6/h70-74,79H,7-69H2,1-6H3,(H,84,85)(H,86,87)/t72-,73+,74+/m0/s1. The number of unbranched alkanes of at least 4 members (excludes halogenated alkanes) is 47. The molecule has 0 aromatic carbocycles. The van der Waals surface area contributed by atoms with Crippen LogP contribution in [0.4, 0.5) is 0 Å². The molecule has 0 bridgehead atoms. The molecule has 0 rings (SSSR count). The van der Waals surface area contributed by atoms with Gasteiger partial charge in [-0.15, -0.1) is 0 Å². The number of aliphatic hydroxyl groups is 1. The van der Waals surface area contributed by atoms with Crippen LogP contribution in [-0.2, 0) is 65.4 Å². The summed E-state index contributed by atoms with van der Waals surface area (Å²) in [5.74, 6) is -0.566. The first-order valence-corrected chi connectivity index (χ1v) is 43.5. The number of ether oxygens (including phenoxy) is 4. The van der Waals surface area contributed by atoms with Gasteiger partial charge in [0.25, 0.3) is 0 Å². The fourth-order valence-electron chi connectivity index (χ4n) is 12.0. The van der Waals surface area contributed by atoms with E-state index in [2.05, 4.69) is 41.5 Å². The number of esters is 4. The molecule has 0 saturated heterocycles. The van der Waals surface area contributed by atoms with Gasteiger partial charge in [-0.2, -0.15) is 0 Å². The number of phosphoric acid groups is 2. The van der Waals surface area contributed by atoms with E-state index in [1.807, 2.05) is 0 Å². The predicted octanol–water partition coefficient (Wildman–Crippen LogP) is 23.1. The van der Waals surface area contributed by atoms with Gasteiger partial charge >= 0.3 is 39.5 Å². The van der Waals surface area contributed by atoms with E-state index in [1.54, 1.807) is 0 Å². The Morgan fingerprint density at radius 1 is 0.278 bits per heavy atom. The SMILES string of the molecule is CCCCCCCCCCCCCCCCCCCCCCC(=O)O[C@H](COC(=O)CCCCCCCCCCCCCCCCC(C)C)COP(=O)(O)OC[C@@H](O)COP(=O)(O)OC[C@@H](COC(=O)CCCCCCCCC)OC(=O)CCCCCCCCCCCCC(C)C. The summed E-state index contributed by atoms with van der Waals surface area (Å²) in [5, 5.41) is 10.6. The van der Waals surface area contributed by atoms with E-state index in [0.717, 1.165) is 115 Å². The summed E-state index contributed by atoms with van der Waals surface area (Å²) in [4.78, 5) is 72.7. The van der Waals surface area contributed by atoms with Crippen LogP contribution in [0.15, 0.2) is 0 Å². The smallest absolute Gasteiger partial charge is 0.462 e. The van der Waals surface area contributed by atoms with Gasteiger partial charge in [-0.25, -0.2) is 9.13 Å². The summed E-state index contributed by atoms with van der Waals surface area (Å²) in [6.45, 7) is 9.58. The molecule has 97 heavy (non-hydrogen) atoms. The molecule has 3 N–H and O–H groups in total. The van der Waals surface area contributed by atoms with Crippen LogP contribution < -0.4 is 0 Å². The fourth-order valence-corrected chi connectivity index (χ4v) is 13.6. The minimum atomic E-state index is -4.96. The molecule has 0 aromatic heterocycles. The van der Waals surface area contributed by atoms with Crippen molar-refractivity contribution in [2.45, 2.75) is 426 Å². The van der Waals surface area contributed by atoms with Crippen LogP contribution in [-0.4, -0.2) is 96.7 Å². The normalized spacial score (nSPS) is 14.0. The number of phosphoric ester groups is 2. The minimum absolute atomic E-state index is 0.106. The number of carbonyl (C=O) groups excluding carboxylic acids is 4. The third kappa shape index (κ3) is 72.2. The van der Waals surface area contributed by atoms with Crippen molar-refractivity contribution in [1.29, 1.82) is 0 Å². The molecule has 0 aliphatic heterocycles. The third-order valence-corrected chi connectivity index (χ3v) is 20.1. The maximum Gasteiger partial charge on any atom is 0.472 e. The maximum atomic E-state index is 13.1. The maximum absolute atomic E-state index is 13.1. The van der Waals surface area contributed by atoms with Crippen molar-refractivity contribution in [2.24, 2.45) is 11.8 Å². The monoisotopic (exact) mass is 1420 g/mol. The topological polar surface area (TPSA) is 237 Å². The highest BCUT2D eigenvalue weighted by Gasteiger charge is 2.30. The van der Waals surface area contributed by atoms with Crippen LogP contribution >= 0.6 is 15.6 Å². The lowest BCUT2D eigenvalue weighted by Crippen LogP contribution is -2.30. The van der Waals surface area contributed by atoms with Gasteiger partial charge < -0.3 is 33.8 Å². The number of hydrogen-bond donors (Lipinski definition) is 3. The summed E-state index contributed by atoms with van der Waals surface area (Å²) >= 11 is 0. The summed E-state index contributed by atoms with van der Waals surface area (Å²) in [6, 6.07) is 0. The Kier molecular flexibility index (Phi) is 68.4. The molecule has 2 unspecified atom stereocenters. The van der Waals surface area contributed by atoms with E-state index < -0.39 is 97.5 Å². The molecule has 0 heterocycles. The largest absolute Gasteiger partial charge is 0.472 e. The molecule has 0 fully saturated rings. The average Bonchev–Trinajstić information content (AvgIpc) is 3.73. The van der Waals surface area contributed by atoms with E-state index in [9.17, 15) is 43.2 Å². The van der Waals surface area contributed by atoms with Gasteiger partial charge in [0.2, 0.25) is 0 Å². The molecule has 0 saturated carbocycles. The van der Waals surface area contributed by atoms with E-state index in [0.29, 0.717) is 25.7 Å². The number of carbonyl (C=O) groups is 4. The molecular formula is C78H152O17P2. The molecule has 17 nitrogen and oxygen atoms in total. The number of aliphatic hydroxyl groups excluding tert-OH is 1. The third-order valence-electron chi connectivity index (χ3n) is 18.2. The summed E-state index contributed by atoms with van der Waals surface area (Å²) in [5.41, 5.74) is 0. The van der Waals surface area contributed by atoms with Crippen molar-refractivity contribution in [3.8, 4) is 0 Å². The number of hydrogen-bond acceptors (Lipinski definition) is 15. The Hall–Kier alpha value is -1.94. The fraction of sp³-hybridized carbons (Fsp3) is 0.949. The summed E-state index contributed by atoms with van der Waals surface area (Å²) < 4.78 is 68.5. The van der Waals surface area contributed by atoms with E-state index in [-0.39, 0.29) is 25.7 Å². The molecule has 19 heteroatoms. The van der Waals surface area contributed by atoms with Crippen LogP contribution in [0, 0.1) is 11.8 Å². The Labute approximate surface area is 594 Å². The zero-order valence-electron chi connectivity index (χ0n) is 63.4. The highest BCUT2D eigenvalue weighted by Crippen LogP contribution is 2.45. The van der Waals surface area contributed by atoms with Crippen LogP contribution in [0.3, 0.4) is 0 Å². The van der Waals surface area contributed by atoms with Gasteiger partial charge in [-0.05, 0) is 37.5 Å². The van der Waals surface area contributed by atoms with Crippen molar-refractivity contribution < 1.29 is 80.2 Å². The Balaban J connectivity index is 5.18. The van der Waals surface area contributed by atoms with Crippen LogP contribution in [0.5, 0.6) is 0 Å². The van der Waals surface area contributed by atoms with Crippen LogP contribution in [0.1, 0.15) is 408 Å². The summed E-state index contributed by atoms with van der Waals surface area (Å²) in [6.07, 6.45) is 58.5. The second-order valence-corrected chi connectivity index (χ2v) is 32.0. The second-order valence-electron chi connectivity index (χ2n) is 29.1. The first kappa shape index (κ1) is 95.1. The van der Waals surface area contributed by atoms with E-state index in [4.69, 9.17) is 37.0 Å². The van der Waals surface area contributed by atoms with Gasteiger partial charge in [0, 0.05) is 25.7 Å². The average molecular weight is 1420 g/mol. The van der Waals surface area contributed by atoms with Gasteiger partial charge in [0.1, 0.15) is 19.3 Å². The lowest BCUT2D eigenvalue weighted by molar-refractivity contribution is -0.161. The molecule has 0 aliphatic rings. The predicted molar refractivity (Wildman–Crippen MR) is 395 cm³/mol. The lowest BCUT2D eigenvalue weighted by Gasteiger charge is -2.21. The molecule has 0 radical (unpaired) electrons. The van der Waals surface area contributed by atoms with Gasteiger partial charge in [-0.3, -0.25) is 37.3 Å². The highest BCUT2D eigenvalue weighted by molar-refractivity contribution is 7.47. The molecule has 576 valence electrons. The van der Waals surface area contributed by atoms with Crippen molar-refractivity contribution in [2.75, 3.05) is 39.6 Å². The second kappa shape index (κ2) is 69.8. The first-order chi connectivity index (χ1) is 46.9. The molecule has 0 spiro atoms. The zero-order chi connectivity index (χ0) is 71.4. The first-order valence-electron chi connectivity index (χ1n) is 40.5. The van der Waals surface area contributed by atoms with Gasteiger partial charge in [-0.1, -0.05) is 356 Å². The van der Waals surface area contributed by atoms with Gasteiger partial charge in [0.15, 0.2) is 12.2 Å².